The number of aromatic amines is 1. The zero-order valence-corrected chi connectivity index (χ0v) is 20.2. The average Bonchev–Trinajstić information content (AvgIpc) is 3.50. The summed E-state index contributed by atoms with van der Waals surface area (Å²) in [7, 11) is 0. The molecular weight excluding hydrogens is 480 g/mol. The van der Waals surface area contributed by atoms with E-state index in [0.717, 1.165) is 26.8 Å². The van der Waals surface area contributed by atoms with E-state index in [1.807, 2.05) is 12.1 Å². The number of amides is 2. The molecule has 1 aromatic carbocycles. The Morgan fingerprint density at radius 1 is 1.24 bits per heavy atom. The predicted octanol–water partition coefficient (Wildman–Crippen LogP) is 3.55. The molecule has 0 radical (unpaired) electrons. The van der Waals surface area contributed by atoms with Gasteiger partial charge in [0.05, 0.1) is 23.5 Å². The van der Waals surface area contributed by atoms with Crippen molar-refractivity contribution in [2.45, 2.75) is 29.5 Å². The predicted molar refractivity (Wildman–Crippen MR) is 125 cm³/mol. The molecule has 3 heterocycles. The second-order valence-corrected chi connectivity index (χ2v) is 12.0. The molecule has 1 saturated heterocycles. The minimum atomic E-state index is -0.555. The highest BCUT2D eigenvalue weighted by Crippen LogP contribution is 2.69. The van der Waals surface area contributed by atoms with Crippen molar-refractivity contribution in [3.8, 4) is 5.75 Å². The molecule has 7 atom stereocenters. The Morgan fingerprint density at radius 2 is 1.97 bits per heavy atom. The number of phenols is 1. The lowest BCUT2D eigenvalue weighted by Crippen LogP contribution is -2.42. The lowest BCUT2D eigenvalue weighted by atomic mass is 9.68. The summed E-state index contributed by atoms with van der Waals surface area (Å²) in [5.74, 6) is -1.57. The monoisotopic (exact) mass is 502 g/mol. The number of thiazole rings is 1. The Labute approximate surface area is 203 Å². The fraction of sp³-hybridized carbons (Fsp3) is 0.478. The number of hydrogen-bond donors (Lipinski definition) is 2. The number of H-pyrrole nitrogens is 1. The van der Waals surface area contributed by atoms with Gasteiger partial charge in [-0.3, -0.25) is 19.3 Å². The van der Waals surface area contributed by atoms with Crippen LogP contribution in [0.3, 0.4) is 0 Å². The zero-order chi connectivity index (χ0) is 23.0. The summed E-state index contributed by atoms with van der Waals surface area (Å²) >= 11 is 8.69. The number of fused-ring (bicyclic) bond motifs is 9. The van der Waals surface area contributed by atoms with Gasteiger partial charge in [-0.2, -0.15) is 0 Å². The Kier molecular flexibility index (Phi) is 4.97. The fourth-order valence-electron chi connectivity index (χ4n) is 6.67. The highest BCUT2D eigenvalue weighted by atomic mass is 32.2. The van der Waals surface area contributed by atoms with Crippen LogP contribution in [0.15, 0.2) is 29.3 Å². The van der Waals surface area contributed by atoms with Crippen LogP contribution in [-0.4, -0.2) is 51.2 Å². The lowest BCUT2D eigenvalue weighted by molar-refractivity contribution is -0.153. The molecule has 2 aliphatic heterocycles. The van der Waals surface area contributed by atoms with Gasteiger partial charge in [0, 0.05) is 21.6 Å². The molecule has 2 saturated carbocycles. The smallest absolute Gasteiger partial charge is 0.326 e. The zero-order valence-electron chi connectivity index (χ0n) is 17.7. The van der Waals surface area contributed by atoms with E-state index in [0.29, 0.717) is 3.95 Å². The summed E-state index contributed by atoms with van der Waals surface area (Å²) in [4.78, 5) is 44.2. The van der Waals surface area contributed by atoms with Crippen LogP contribution in [0.2, 0.25) is 0 Å². The number of carbonyl (C=O) groups is 3. The Hall–Kier alpha value is -2.17. The number of benzene rings is 1. The van der Waals surface area contributed by atoms with E-state index in [1.54, 1.807) is 30.8 Å². The summed E-state index contributed by atoms with van der Waals surface area (Å²) in [5.41, 5.74) is 0.837. The van der Waals surface area contributed by atoms with Crippen molar-refractivity contribution in [3.63, 3.8) is 0 Å². The van der Waals surface area contributed by atoms with Crippen molar-refractivity contribution in [3.05, 3.63) is 38.7 Å². The van der Waals surface area contributed by atoms with E-state index in [4.69, 9.17) is 17.0 Å². The van der Waals surface area contributed by atoms with Gasteiger partial charge in [-0.25, -0.2) is 0 Å². The second-order valence-electron chi connectivity index (χ2n) is 9.09. The number of phenolic OH excluding ortho intramolecular Hbond substituents is 1. The summed E-state index contributed by atoms with van der Waals surface area (Å²) in [6.45, 7) is 1.59. The van der Waals surface area contributed by atoms with Gasteiger partial charge in [0.2, 0.25) is 11.8 Å². The van der Waals surface area contributed by atoms with Gasteiger partial charge in [-0.05, 0) is 49.4 Å². The Balaban J connectivity index is 1.41. The molecule has 7 nitrogen and oxygen atoms in total. The summed E-state index contributed by atoms with van der Waals surface area (Å²) in [6.07, 6.45) is 0.808. The number of esters is 1. The molecule has 2 aromatic rings. The van der Waals surface area contributed by atoms with E-state index in [2.05, 4.69) is 4.98 Å². The maximum absolute atomic E-state index is 13.4. The van der Waals surface area contributed by atoms with Gasteiger partial charge in [0.25, 0.3) is 0 Å². The number of aromatic hydroxyl groups is 1. The van der Waals surface area contributed by atoms with Crippen LogP contribution in [0.25, 0.3) is 0 Å². The van der Waals surface area contributed by atoms with Crippen LogP contribution >= 0.6 is 35.3 Å². The summed E-state index contributed by atoms with van der Waals surface area (Å²) < 4.78 is 5.68. The van der Waals surface area contributed by atoms with Gasteiger partial charge in [0.1, 0.15) is 12.3 Å². The number of ether oxygens (including phenoxy) is 1. The van der Waals surface area contributed by atoms with Crippen molar-refractivity contribution in [1.82, 2.24) is 9.88 Å². The topological polar surface area (TPSA) is 99.7 Å². The number of imide groups is 1. The number of aromatic nitrogens is 1. The molecule has 172 valence electrons. The number of hydrogen-bond acceptors (Lipinski definition) is 8. The largest absolute Gasteiger partial charge is 0.508 e. The second kappa shape index (κ2) is 7.68. The van der Waals surface area contributed by atoms with E-state index in [1.165, 1.54) is 11.3 Å². The first-order chi connectivity index (χ1) is 15.9. The molecule has 3 fully saturated rings. The molecule has 0 spiro atoms. The fourth-order valence-corrected chi connectivity index (χ4v) is 9.99. The first-order valence-corrected chi connectivity index (χ1v) is 13.2. The molecule has 1 aromatic heterocycles. The molecule has 7 unspecified atom stereocenters. The molecule has 33 heavy (non-hydrogen) atoms. The highest BCUT2D eigenvalue weighted by Gasteiger charge is 2.69. The molecule has 2 aliphatic carbocycles. The van der Waals surface area contributed by atoms with Crippen molar-refractivity contribution in [1.29, 1.82) is 0 Å². The molecule has 6 rings (SSSR count). The third-order valence-corrected chi connectivity index (χ3v) is 10.6. The van der Waals surface area contributed by atoms with Crippen LogP contribution in [0, 0.1) is 33.5 Å². The van der Waals surface area contributed by atoms with E-state index < -0.39 is 11.9 Å². The van der Waals surface area contributed by atoms with Gasteiger partial charge >= 0.3 is 5.97 Å². The quantitative estimate of drug-likeness (QED) is 0.375. The van der Waals surface area contributed by atoms with Crippen molar-refractivity contribution >= 4 is 53.1 Å². The number of nitrogens with one attached hydrogen (secondary N) is 1. The number of nitrogens with zero attached hydrogens (tertiary/aromatic N) is 1. The summed E-state index contributed by atoms with van der Waals surface area (Å²) in [5, 5.41) is 11.9. The SMILES string of the molecule is CCOC(=O)CN1C(=O)C2C3CC(C2C1=O)C1C(c2ccccc2O)c2sc(=S)[nH]c2SC31. The standard InChI is InChI=1S/C23H22N2O5S3/c1-2-30-13(27)8-25-21(28)16-10-7-11(17(16)22(25)29)18-15(10)14(9-5-3-4-6-12(9)26)19-20(32-18)24-23(31)33-19/h3-6,10-11,14-18,26H,2,7-8H2,1H3,(H,24,31). The number of thioether (sulfide) groups is 1. The first kappa shape index (κ1) is 21.4. The normalized spacial score (nSPS) is 33.7. The highest BCUT2D eigenvalue weighted by molar-refractivity contribution is 8.00. The first-order valence-electron chi connectivity index (χ1n) is 11.1. The minimum absolute atomic E-state index is 0.00886. The van der Waals surface area contributed by atoms with Crippen molar-refractivity contribution in [2.75, 3.05) is 13.2 Å². The number of rotatable bonds is 4. The third-order valence-electron chi connectivity index (χ3n) is 7.68. The minimum Gasteiger partial charge on any atom is -0.508 e. The molecule has 4 aliphatic rings. The van der Waals surface area contributed by atoms with Crippen LogP contribution in [0.4, 0.5) is 0 Å². The van der Waals surface area contributed by atoms with Gasteiger partial charge in [-0.15, -0.1) is 23.1 Å². The average molecular weight is 503 g/mol. The van der Waals surface area contributed by atoms with Crippen LogP contribution in [-0.2, 0) is 19.1 Å². The summed E-state index contributed by atoms with van der Waals surface area (Å²) in [6, 6.07) is 7.35. The van der Waals surface area contributed by atoms with E-state index >= 15 is 0 Å². The van der Waals surface area contributed by atoms with Crippen molar-refractivity contribution in [2.24, 2.45) is 29.6 Å². The number of likely N-dealkylation sites (tertiary alicyclic amines) is 1. The number of carbonyl (C=O) groups excluding carboxylic acids is 3. The maximum atomic E-state index is 13.4. The lowest BCUT2D eigenvalue weighted by Gasteiger charge is -2.43. The molecular formula is C23H22N2O5S3. The van der Waals surface area contributed by atoms with Crippen LogP contribution < -0.4 is 0 Å². The Morgan fingerprint density at radius 3 is 2.70 bits per heavy atom. The molecule has 2 N–H and O–H groups in total. The molecule has 2 bridgehead atoms. The van der Waals surface area contributed by atoms with E-state index in [-0.39, 0.29) is 65.6 Å². The Bertz CT molecular complexity index is 1240. The van der Waals surface area contributed by atoms with Gasteiger partial charge in [-0.1, -0.05) is 18.2 Å². The van der Waals surface area contributed by atoms with Crippen LogP contribution in [0.1, 0.15) is 29.7 Å². The van der Waals surface area contributed by atoms with E-state index in [9.17, 15) is 19.5 Å². The van der Waals surface area contributed by atoms with Crippen LogP contribution in [0.5, 0.6) is 5.75 Å². The number of para-hydroxylation sites is 1. The van der Waals surface area contributed by atoms with Gasteiger partial charge in [0.15, 0.2) is 3.95 Å². The van der Waals surface area contributed by atoms with Gasteiger partial charge < -0.3 is 14.8 Å². The third kappa shape index (κ3) is 2.99. The van der Waals surface area contributed by atoms with Crippen molar-refractivity contribution < 1.29 is 24.2 Å². The maximum Gasteiger partial charge on any atom is 0.326 e. The molecule has 2 amide bonds. The molecule has 10 heteroatoms.